The van der Waals surface area contributed by atoms with Crippen LogP contribution in [0.4, 0.5) is 13.2 Å². The Morgan fingerprint density at radius 3 is 2.24 bits per heavy atom. The van der Waals surface area contributed by atoms with Crippen LogP contribution in [0.25, 0.3) is 0 Å². The molecule has 0 spiro atoms. The summed E-state index contributed by atoms with van der Waals surface area (Å²) in [6.07, 6.45) is -4.85. The highest BCUT2D eigenvalue weighted by Crippen LogP contribution is 2.24. The van der Waals surface area contributed by atoms with E-state index in [9.17, 15) is 26.4 Å². The van der Waals surface area contributed by atoms with Gasteiger partial charge in [-0.05, 0) is 24.3 Å². The minimum atomic E-state index is -4.85. The summed E-state index contributed by atoms with van der Waals surface area (Å²) in [5.41, 5.74) is 0. The van der Waals surface area contributed by atoms with E-state index in [0.717, 1.165) is 28.6 Å². The van der Waals surface area contributed by atoms with E-state index < -0.39 is 34.6 Å². The fraction of sp³-hybridized carbons (Fsp3) is 0.364. The summed E-state index contributed by atoms with van der Waals surface area (Å²) in [6.45, 7) is -0.403. The Hall–Kier alpha value is -1.81. The molecule has 0 aliphatic rings. The van der Waals surface area contributed by atoms with Crippen molar-refractivity contribution in [3.8, 4) is 5.75 Å². The van der Waals surface area contributed by atoms with E-state index in [1.54, 1.807) is 0 Å². The zero-order valence-electron chi connectivity index (χ0n) is 11.1. The number of nitrogens with zero attached hydrogens (tertiary/aromatic N) is 1. The third-order valence-corrected chi connectivity index (χ3v) is 4.23. The lowest BCUT2D eigenvalue weighted by molar-refractivity contribution is -0.274. The molecule has 1 rings (SSSR count). The molecular weight excluding hydrogens is 313 g/mol. The standard InChI is InChI=1S/C11H13F3N2O4S/c1-15-10(17)7-16(2)21(18,19)9-5-3-8(4-6-9)20-11(12,13)14/h3-6H,7H2,1-2H3,(H,15,17). The molecular formula is C11H13F3N2O4S. The van der Waals surface area contributed by atoms with Gasteiger partial charge < -0.3 is 10.1 Å². The molecule has 0 aliphatic heterocycles. The first-order chi connectivity index (χ1) is 9.56. The number of sulfonamides is 1. The highest BCUT2D eigenvalue weighted by Gasteiger charge is 2.31. The molecule has 0 unspecified atom stereocenters. The van der Waals surface area contributed by atoms with Gasteiger partial charge in [0.25, 0.3) is 0 Å². The molecule has 0 aliphatic carbocycles. The Balaban J connectivity index is 2.92. The second-order valence-electron chi connectivity index (χ2n) is 3.95. The molecule has 6 nitrogen and oxygen atoms in total. The molecule has 10 heteroatoms. The van der Waals surface area contributed by atoms with Gasteiger partial charge in [0.2, 0.25) is 15.9 Å². The first-order valence-electron chi connectivity index (χ1n) is 5.59. The number of benzene rings is 1. The van der Waals surface area contributed by atoms with Crippen LogP contribution < -0.4 is 10.1 Å². The number of rotatable bonds is 5. The van der Waals surface area contributed by atoms with Crippen molar-refractivity contribution in [1.82, 2.24) is 9.62 Å². The van der Waals surface area contributed by atoms with Crippen molar-refractivity contribution in [1.29, 1.82) is 0 Å². The smallest absolute Gasteiger partial charge is 0.406 e. The summed E-state index contributed by atoms with van der Waals surface area (Å²) in [5, 5.41) is 2.26. The minimum Gasteiger partial charge on any atom is -0.406 e. The molecule has 0 aromatic heterocycles. The minimum absolute atomic E-state index is 0.247. The summed E-state index contributed by atoms with van der Waals surface area (Å²) < 4.78 is 64.5. The van der Waals surface area contributed by atoms with E-state index in [1.807, 2.05) is 0 Å². The average molecular weight is 326 g/mol. The molecule has 1 N–H and O–H groups in total. The molecule has 118 valence electrons. The highest BCUT2D eigenvalue weighted by molar-refractivity contribution is 7.89. The number of hydrogen-bond donors (Lipinski definition) is 1. The normalized spacial score (nSPS) is 12.3. The molecule has 1 aromatic carbocycles. The van der Waals surface area contributed by atoms with Gasteiger partial charge >= 0.3 is 6.36 Å². The number of hydrogen-bond acceptors (Lipinski definition) is 4. The Morgan fingerprint density at radius 2 is 1.81 bits per heavy atom. The maximum absolute atomic E-state index is 12.1. The van der Waals surface area contributed by atoms with Crippen molar-refractivity contribution < 1.29 is 31.1 Å². The third kappa shape index (κ3) is 4.90. The molecule has 1 aromatic rings. The first kappa shape index (κ1) is 17.2. The van der Waals surface area contributed by atoms with E-state index in [1.165, 1.54) is 14.1 Å². The van der Waals surface area contributed by atoms with E-state index in [0.29, 0.717) is 0 Å². The second-order valence-corrected chi connectivity index (χ2v) is 6.00. The van der Waals surface area contributed by atoms with Crippen molar-refractivity contribution in [2.75, 3.05) is 20.6 Å². The number of amides is 1. The summed E-state index contributed by atoms with van der Waals surface area (Å²) in [6, 6.07) is 3.70. The number of ether oxygens (including phenoxy) is 1. The maximum atomic E-state index is 12.1. The topological polar surface area (TPSA) is 75.7 Å². The molecule has 1 amide bonds. The number of carbonyl (C=O) groups excluding carboxylic acids is 1. The predicted octanol–water partition coefficient (Wildman–Crippen LogP) is 0.952. The van der Waals surface area contributed by atoms with Gasteiger partial charge in [0.15, 0.2) is 0 Å². The quantitative estimate of drug-likeness (QED) is 0.874. The zero-order chi connectivity index (χ0) is 16.3. The van der Waals surface area contributed by atoms with E-state index in [4.69, 9.17) is 0 Å². The lowest BCUT2D eigenvalue weighted by Gasteiger charge is -2.16. The van der Waals surface area contributed by atoms with Crippen molar-refractivity contribution in [3.63, 3.8) is 0 Å². The van der Waals surface area contributed by atoms with E-state index >= 15 is 0 Å². The lowest BCUT2D eigenvalue weighted by Crippen LogP contribution is -2.36. The van der Waals surface area contributed by atoms with E-state index in [-0.39, 0.29) is 4.90 Å². The van der Waals surface area contributed by atoms with Crippen molar-refractivity contribution in [2.24, 2.45) is 0 Å². The van der Waals surface area contributed by atoms with Crippen LogP contribution in [0.2, 0.25) is 0 Å². The highest BCUT2D eigenvalue weighted by atomic mass is 32.2. The Kier molecular flexibility index (Phi) is 5.18. The SMILES string of the molecule is CNC(=O)CN(C)S(=O)(=O)c1ccc(OC(F)(F)F)cc1. The third-order valence-electron chi connectivity index (χ3n) is 2.41. The number of likely N-dealkylation sites (N-methyl/N-ethyl adjacent to an activating group) is 2. The lowest BCUT2D eigenvalue weighted by atomic mass is 10.3. The molecule has 0 atom stereocenters. The summed E-state index contributed by atoms with van der Waals surface area (Å²) >= 11 is 0. The summed E-state index contributed by atoms with van der Waals surface area (Å²) in [5.74, 6) is -1.05. The maximum Gasteiger partial charge on any atom is 0.573 e. The van der Waals surface area contributed by atoms with Gasteiger partial charge in [-0.1, -0.05) is 0 Å². The largest absolute Gasteiger partial charge is 0.573 e. The van der Waals surface area contributed by atoms with Gasteiger partial charge in [0, 0.05) is 14.1 Å². The molecule has 0 saturated heterocycles. The van der Waals surface area contributed by atoms with Crippen molar-refractivity contribution >= 4 is 15.9 Å². The number of halogens is 3. The Morgan fingerprint density at radius 1 is 1.29 bits per heavy atom. The average Bonchev–Trinajstić information content (AvgIpc) is 2.37. The van der Waals surface area contributed by atoms with Crippen molar-refractivity contribution in [3.05, 3.63) is 24.3 Å². The fourth-order valence-electron chi connectivity index (χ4n) is 1.36. The van der Waals surface area contributed by atoms with Crippen LogP contribution in [-0.4, -0.2) is 45.6 Å². The zero-order valence-corrected chi connectivity index (χ0v) is 12.0. The van der Waals surface area contributed by atoms with Crippen LogP contribution in [-0.2, 0) is 14.8 Å². The molecule has 0 heterocycles. The van der Waals surface area contributed by atoms with Crippen LogP contribution in [0.3, 0.4) is 0 Å². The van der Waals surface area contributed by atoms with E-state index in [2.05, 4.69) is 10.1 Å². The molecule has 0 fully saturated rings. The van der Waals surface area contributed by atoms with Gasteiger partial charge in [0.05, 0.1) is 11.4 Å². The monoisotopic (exact) mass is 326 g/mol. The van der Waals surface area contributed by atoms with Gasteiger partial charge in [-0.3, -0.25) is 4.79 Å². The van der Waals surface area contributed by atoms with Crippen LogP contribution >= 0.6 is 0 Å². The summed E-state index contributed by atoms with van der Waals surface area (Å²) in [4.78, 5) is 10.9. The number of carbonyl (C=O) groups is 1. The number of alkyl halides is 3. The van der Waals surface area contributed by atoms with Gasteiger partial charge in [0.1, 0.15) is 5.75 Å². The Bertz CT molecular complexity index is 599. The fourth-order valence-corrected chi connectivity index (χ4v) is 2.49. The predicted molar refractivity (Wildman–Crippen MR) is 67.0 cm³/mol. The van der Waals surface area contributed by atoms with Gasteiger partial charge in [-0.25, -0.2) is 8.42 Å². The van der Waals surface area contributed by atoms with Gasteiger partial charge in [-0.15, -0.1) is 13.2 Å². The van der Waals surface area contributed by atoms with Crippen LogP contribution in [0.5, 0.6) is 5.75 Å². The molecule has 0 bridgehead atoms. The van der Waals surface area contributed by atoms with Gasteiger partial charge in [-0.2, -0.15) is 4.31 Å². The molecule has 21 heavy (non-hydrogen) atoms. The molecule has 0 radical (unpaired) electrons. The first-order valence-corrected chi connectivity index (χ1v) is 7.03. The van der Waals surface area contributed by atoms with Crippen LogP contribution in [0, 0.1) is 0 Å². The second kappa shape index (κ2) is 6.31. The summed E-state index contributed by atoms with van der Waals surface area (Å²) in [7, 11) is -1.43. The van der Waals surface area contributed by atoms with Crippen LogP contribution in [0.15, 0.2) is 29.2 Å². The van der Waals surface area contributed by atoms with Crippen molar-refractivity contribution in [2.45, 2.75) is 11.3 Å². The molecule has 0 saturated carbocycles. The number of nitrogens with one attached hydrogen (secondary N) is 1. The Labute approximate surface area is 119 Å². The van der Waals surface area contributed by atoms with Crippen LogP contribution in [0.1, 0.15) is 0 Å².